The van der Waals surface area contributed by atoms with Gasteiger partial charge in [-0.05, 0) is 25.0 Å². The standard InChI is InChI=1S/C18H14F3N5/c19-10-7-12(20)17(13(21)8-10)25-16-9-15(14-3-1-2-6-22-14)24-18(26-16)23-11-4-5-11/h1-3,6-9,11H,4-5H2,(H2,23,24,25,26). The molecule has 8 heteroatoms. The fourth-order valence-electron chi connectivity index (χ4n) is 2.42. The first-order chi connectivity index (χ1) is 12.6. The highest BCUT2D eigenvalue weighted by atomic mass is 19.1. The van der Waals surface area contributed by atoms with Gasteiger partial charge in [0.1, 0.15) is 17.3 Å². The van der Waals surface area contributed by atoms with E-state index in [9.17, 15) is 13.2 Å². The second-order valence-electron chi connectivity index (χ2n) is 5.97. The number of aromatic nitrogens is 3. The molecule has 1 saturated carbocycles. The van der Waals surface area contributed by atoms with E-state index in [-0.39, 0.29) is 5.82 Å². The Hall–Kier alpha value is -3.16. The van der Waals surface area contributed by atoms with Gasteiger partial charge >= 0.3 is 0 Å². The molecule has 0 aliphatic heterocycles. The highest BCUT2D eigenvalue weighted by molar-refractivity contribution is 5.65. The van der Waals surface area contributed by atoms with Crippen molar-refractivity contribution < 1.29 is 13.2 Å². The van der Waals surface area contributed by atoms with Crippen LogP contribution in [0.4, 0.5) is 30.6 Å². The van der Waals surface area contributed by atoms with E-state index < -0.39 is 23.1 Å². The van der Waals surface area contributed by atoms with E-state index in [4.69, 9.17) is 0 Å². The maximum Gasteiger partial charge on any atom is 0.225 e. The SMILES string of the molecule is Fc1cc(F)c(Nc2cc(-c3ccccn3)nc(NC3CC3)n2)c(F)c1. The maximum absolute atomic E-state index is 13.9. The minimum absolute atomic E-state index is 0.174. The third kappa shape index (κ3) is 3.58. The van der Waals surface area contributed by atoms with E-state index in [0.29, 0.717) is 35.5 Å². The third-order valence-corrected chi connectivity index (χ3v) is 3.82. The van der Waals surface area contributed by atoms with Gasteiger partial charge in [0.15, 0.2) is 11.6 Å². The second kappa shape index (κ2) is 6.62. The van der Waals surface area contributed by atoms with Gasteiger partial charge in [-0.15, -0.1) is 0 Å². The average Bonchev–Trinajstić information content (AvgIpc) is 3.43. The van der Waals surface area contributed by atoms with Crippen molar-refractivity contribution in [3.8, 4) is 11.4 Å². The summed E-state index contributed by atoms with van der Waals surface area (Å²) >= 11 is 0. The molecular weight excluding hydrogens is 343 g/mol. The van der Waals surface area contributed by atoms with Crippen LogP contribution in [0.2, 0.25) is 0 Å². The molecule has 0 unspecified atom stereocenters. The normalized spacial score (nSPS) is 13.5. The van der Waals surface area contributed by atoms with Gasteiger partial charge in [0.05, 0.1) is 11.4 Å². The van der Waals surface area contributed by atoms with Gasteiger partial charge < -0.3 is 10.6 Å². The largest absolute Gasteiger partial charge is 0.351 e. The molecule has 3 aromatic rings. The molecule has 2 heterocycles. The van der Waals surface area contributed by atoms with Gasteiger partial charge in [-0.25, -0.2) is 18.2 Å². The lowest BCUT2D eigenvalue weighted by Crippen LogP contribution is -2.09. The first kappa shape index (κ1) is 16.3. The van der Waals surface area contributed by atoms with Crippen LogP contribution in [0.3, 0.4) is 0 Å². The van der Waals surface area contributed by atoms with Crippen LogP contribution in [-0.2, 0) is 0 Å². The number of pyridine rings is 1. The summed E-state index contributed by atoms with van der Waals surface area (Å²) in [6, 6.07) is 8.39. The number of nitrogens with one attached hydrogen (secondary N) is 2. The van der Waals surface area contributed by atoms with Crippen LogP contribution < -0.4 is 10.6 Å². The molecule has 5 nitrogen and oxygen atoms in total. The molecule has 2 aromatic heterocycles. The first-order valence-electron chi connectivity index (χ1n) is 8.07. The van der Waals surface area contributed by atoms with Crippen molar-refractivity contribution in [3.63, 3.8) is 0 Å². The Kier molecular flexibility index (Phi) is 4.16. The summed E-state index contributed by atoms with van der Waals surface area (Å²) in [5, 5.41) is 5.73. The average molecular weight is 357 g/mol. The van der Waals surface area contributed by atoms with E-state index in [1.54, 1.807) is 18.3 Å². The molecule has 2 N–H and O–H groups in total. The van der Waals surface area contributed by atoms with Crippen LogP contribution in [-0.4, -0.2) is 21.0 Å². The molecule has 0 spiro atoms. The monoisotopic (exact) mass is 357 g/mol. The Morgan fingerprint density at radius 1 is 0.923 bits per heavy atom. The summed E-state index contributed by atoms with van der Waals surface area (Å²) in [4.78, 5) is 12.9. The lowest BCUT2D eigenvalue weighted by Gasteiger charge is -2.12. The molecule has 0 amide bonds. The highest BCUT2D eigenvalue weighted by Crippen LogP contribution is 2.28. The fourth-order valence-corrected chi connectivity index (χ4v) is 2.42. The Labute approximate surface area is 147 Å². The number of hydrogen-bond acceptors (Lipinski definition) is 5. The number of hydrogen-bond donors (Lipinski definition) is 2. The van der Waals surface area contributed by atoms with Gasteiger partial charge in [0, 0.05) is 30.4 Å². The van der Waals surface area contributed by atoms with Crippen molar-refractivity contribution >= 4 is 17.5 Å². The summed E-state index contributed by atoms with van der Waals surface area (Å²) in [6.45, 7) is 0. The van der Waals surface area contributed by atoms with Gasteiger partial charge in [-0.1, -0.05) is 6.07 Å². The molecule has 1 aliphatic carbocycles. The smallest absolute Gasteiger partial charge is 0.225 e. The maximum atomic E-state index is 13.9. The number of rotatable bonds is 5. The Bertz CT molecular complexity index is 922. The molecule has 0 atom stereocenters. The van der Waals surface area contributed by atoms with E-state index >= 15 is 0 Å². The fraction of sp³-hybridized carbons (Fsp3) is 0.167. The molecule has 1 fully saturated rings. The molecular formula is C18H14F3N5. The third-order valence-electron chi connectivity index (χ3n) is 3.82. The minimum atomic E-state index is -1.04. The Balaban J connectivity index is 1.73. The first-order valence-corrected chi connectivity index (χ1v) is 8.07. The molecule has 1 aliphatic rings. The van der Waals surface area contributed by atoms with Crippen LogP contribution >= 0.6 is 0 Å². The number of anilines is 3. The summed E-state index contributed by atoms with van der Waals surface area (Å²) < 4.78 is 40.9. The molecule has 0 radical (unpaired) electrons. The van der Waals surface area contributed by atoms with Crippen molar-refractivity contribution in [2.24, 2.45) is 0 Å². The topological polar surface area (TPSA) is 62.7 Å². The minimum Gasteiger partial charge on any atom is -0.351 e. The lowest BCUT2D eigenvalue weighted by molar-refractivity contribution is 0.548. The zero-order chi connectivity index (χ0) is 18.1. The van der Waals surface area contributed by atoms with Crippen molar-refractivity contribution in [1.29, 1.82) is 0 Å². The van der Waals surface area contributed by atoms with Crippen LogP contribution in [0.25, 0.3) is 11.4 Å². The summed E-state index contributed by atoms with van der Waals surface area (Å²) in [5.41, 5.74) is 0.612. The van der Waals surface area contributed by atoms with Crippen LogP contribution in [0.15, 0.2) is 42.6 Å². The van der Waals surface area contributed by atoms with Gasteiger partial charge in [-0.3, -0.25) is 4.98 Å². The molecule has 4 rings (SSSR count). The van der Waals surface area contributed by atoms with Crippen molar-refractivity contribution in [3.05, 3.63) is 60.0 Å². The van der Waals surface area contributed by atoms with Crippen LogP contribution in [0.5, 0.6) is 0 Å². The predicted octanol–water partition coefficient (Wildman–Crippen LogP) is 4.27. The number of nitrogens with zero attached hydrogens (tertiary/aromatic N) is 3. The number of benzene rings is 1. The molecule has 26 heavy (non-hydrogen) atoms. The van der Waals surface area contributed by atoms with Crippen molar-refractivity contribution in [2.45, 2.75) is 18.9 Å². The Morgan fingerprint density at radius 3 is 2.35 bits per heavy atom. The molecule has 1 aromatic carbocycles. The van der Waals surface area contributed by atoms with Crippen LogP contribution in [0.1, 0.15) is 12.8 Å². The molecule has 132 valence electrons. The quantitative estimate of drug-likeness (QED) is 0.714. The second-order valence-corrected chi connectivity index (χ2v) is 5.97. The summed E-state index contributed by atoms with van der Waals surface area (Å²) in [7, 11) is 0. The highest BCUT2D eigenvalue weighted by Gasteiger charge is 2.23. The predicted molar refractivity (Wildman–Crippen MR) is 91.5 cm³/mol. The van der Waals surface area contributed by atoms with Crippen LogP contribution in [0, 0.1) is 17.5 Å². The zero-order valence-corrected chi connectivity index (χ0v) is 13.5. The van der Waals surface area contributed by atoms with Crippen molar-refractivity contribution in [2.75, 3.05) is 10.6 Å². The van der Waals surface area contributed by atoms with Crippen molar-refractivity contribution in [1.82, 2.24) is 15.0 Å². The van der Waals surface area contributed by atoms with E-state index in [0.717, 1.165) is 12.8 Å². The zero-order valence-electron chi connectivity index (χ0n) is 13.5. The van der Waals surface area contributed by atoms with E-state index in [2.05, 4.69) is 25.6 Å². The molecule has 0 saturated heterocycles. The van der Waals surface area contributed by atoms with E-state index in [1.807, 2.05) is 6.07 Å². The number of halogens is 3. The summed E-state index contributed by atoms with van der Waals surface area (Å²) in [6.07, 6.45) is 3.65. The van der Waals surface area contributed by atoms with Gasteiger partial charge in [0.25, 0.3) is 0 Å². The summed E-state index contributed by atoms with van der Waals surface area (Å²) in [5.74, 6) is -2.57. The van der Waals surface area contributed by atoms with Gasteiger partial charge in [0.2, 0.25) is 5.95 Å². The lowest BCUT2D eigenvalue weighted by atomic mass is 10.2. The van der Waals surface area contributed by atoms with E-state index in [1.165, 1.54) is 6.07 Å². The van der Waals surface area contributed by atoms with Gasteiger partial charge in [-0.2, -0.15) is 4.98 Å². The molecule has 0 bridgehead atoms. The Morgan fingerprint density at radius 2 is 1.69 bits per heavy atom.